The van der Waals surface area contributed by atoms with Crippen molar-refractivity contribution in [1.29, 1.82) is 0 Å². The van der Waals surface area contributed by atoms with E-state index in [4.69, 9.17) is 11.6 Å². The van der Waals surface area contributed by atoms with Crippen molar-refractivity contribution in [2.24, 2.45) is 0 Å². The van der Waals surface area contributed by atoms with Crippen molar-refractivity contribution in [3.63, 3.8) is 0 Å². The smallest absolute Gasteiger partial charge is 0.142 e. The second-order valence-corrected chi connectivity index (χ2v) is 4.61. The fourth-order valence-electron chi connectivity index (χ4n) is 1.98. The second kappa shape index (κ2) is 4.98. The van der Waals surface area contributed by atoms with Crippen LogP contribution in [0.15, 0.2) is 30.4 Å². The summed E-state index contributed by atoms with van der Waals surface area (Å²) < 4.78 is 13.3. The van der Waals surface area contributed by atoms with Crippen LogP contribution < -0.4 is 5.32 Å². The summed E-state index contributed by atoms with van der Waals surface area (Å²) in [5.41, 5.74) is 0.939. The maximum Gasteiger partial charge on any atom is 0.142 e. The Morgan fingerprint density at radius 3 is 2.69 bits per heavy atom. The molecule has 0 aromatic heterocycles. The molecule has 0 radical (unpaired) electrons. The highest BCUT2D eigenvalue weighted by molar-refractivity contribution is 6.30. The fourth-order valence-corrected chi connectivity index (χ4v) is 2.10. The van der Waals surface area contributed by atoms with E-state index in [1.165, 1.54) is 6.07 Å². The molecule has 0 aliphatic heterocycles. The Balaban J connectivity index is 2.02. The molecule has 2 rings (SSSR count). The van der Waals surface area contributed by atoms with E-state index in [2.05, 4.69) is 17.5 Å². The lowest BCUT2D eigenvalue weighted by atomic mass is 10.1. The molecular weight excluding hydrogens is 225 g/mol. The van der Waals surface area contributed by atoms with Gasteiger partial charge in [0.15, 0.2) is 0 Å². The molecule has 1 aliphatic rings. The van der Waals surface area contributed by atoms with Gasteiger partial charge in [0.05, 0.1) is 5.02 Å². The molecule has 1 aromatic rings. The fraction of sp³-hybridized carbons (Fsp3) is 0.385. The summed E-state index contributed by atoms with van der Waals surface area (Å²) in [6.07, 6.45) is 6.46. The molecule has 0 amide bonds. The van der Waals surface area contributed by atoms with E-state index >= 15 is 0 Å². The van der Waals surface area contributed by atoms with Crippen LogP contribution in [-0.4, -0.2) is 6.04 Å². The number of hydrogen-bond donors (Lipinski definition) is 1. The molecule has 1 N–H and O–H groups in total. The number of hydrogen-bond acceptors (Lipinski definition) is 1. The Morgan fingerprint density at radius 1 is 1.38 bits per heavy atom. The first-order valence-corrected chi connectivity index (χ1v) is 5.90. The van der Waals surface area contributed by atoms with Crippen molar-refractivity contribution < 1.29 is 4.39 Å². The predicted octanol–water partition coefficient (Wildman–Crippen LogP) is 3.85. The third-order valence-corrected chi connectivity index (χ3v) is 3.24. The molecule has 0 saturated carbocycles. The van der Waals surface area contributed by atoms with Crippen LogP contribution in [0.3, 0.4) is 0 Å². The normalized spacial score (nSPS) is 17.9. The molecule has 1 atom stereocenters. The molecule has 1 aromatic carbocycles. The molecule has 0 spiro atoms. The van der Waals surface area contributed by atoms with Gasteiger partial charge >= 0.3 is 0 Å². The van der Waals surface area contributed by atoms with Gasteiger partial charge in [0.25, 0.3) is 0 Å². The van der Waals surface area contributed by atoms with Crippen LogP contribution in [0.1, 0.15) is 31.4 Å². The number of nitrogens with one attached hydrogen (secondary N) is 1. The van der Waals surface area contributed by atoms with Crippen LogP contribution in [0.25, 0.3) is 0 Å². The molecule has 16 heavy (non-hydrogen) atoms. The zero-order valence-electron chi connectivity index (χ0n) is 9.21. The zero-order chi connectivity index (χ0) is 11.5. The summed E-state index contributed by atoms with van der Waals surface area (Å²) in [6.45, 7) is 2.04. The zero-order valence-corrected chi connectivity index (χ0v) is 9.97. The summed E-state index contributed by atoms with van der Waals surface area (Å²) >= 11 is 5.65. The van der Waals surface area contributed by atoms with Crippen LogP contribution in [0.4, 0.5) is 4.39 Å². The van der Waals surface area contributed by atoms with Gasteiger partial charge in [0.1, 0.15) is 5.82 Å². The first-order chi connectivity index (χ1) is 7.66. The van der Waals surface area contributed by atoms with Crippen LogP contribution >= 0.6 is 11.6 Å². The molecule has 0 saturated heterocycles. The van der Waals surface area contributed by atoms with Crippen molar-refractivity contribution in [3.05, 3.63) is 46.8 Å². The number of benzene rings is 1. The first-order valence-electron chi connectivity index (χ1n) is 5.53. The van der Waals surface area contributed by atoms with Gasteiger partial charge in [-0.15, -0.1) is 0 Å². The second-order valence-electron chi connectivity index (χ2n) is 4.20. The van der Waals surface area contributed by atoms with Gasteiger partial charge < -0.3 is 5.32 Å². The Labute approximate surface area is 100 Å². The summed E-state index contributed by atoms with van der Waals surface area (Å²) in [6, 6.07) is 5.61. The topological polar surface area (TPSA) is 12.0 Å². The minimum absolute atomic E-state index is 0.150. The third-order valence-electron chi connectivity index (χ3n) is 2.94. The number of rotatable bonds is 3. The van der Waals surface area contributed by atoms with Crippen LogP contribution in [-0.2, 0) is 0 Å². The standard InChI is InChI=1S/C13H15ClFN/c1-9(16-11-4-2-3-5-11)10-6-7-12(14)13(15)8-10/h2-3,6-9,11,16H,4-5H2,1H3. The van der Waals surface area contributed by atoms with Crippen LogP contribution in [0.2, 0.25) is 5.02 Å². The summed E-state index contributed by atoms with van der Waals surface area (Å²) in [4.78, 5) is 0. The highest BCUT2D eigenvalue weighted by Gasteiger charge is 2.14. The first kappa shape index (κ1) is 11.6. The summed E-state index contributed by atoms with van der Waals surface area (Å²) in [5, 5.41) is 3.65. The van der Waals surface area contributed by atoms with E-state index in [0.717, 1.165) is 18.4 Å². The van der Waals surface area contributed by atoms with E-state index in [0.29, 0.717) is 6.04 Å². The van der Waals surface area contributed by atoms with Crippen molar-refractivity contribution in [2.75, 3.05) is 0 Å². The van der Waals surface area contributed by atoms with Gasteiger partial charge in [0.2, 0.25) is 0 Å². The summed E-state index contributed by atoms with van der Waals surface area (Å²) in [5.74, 6) is -0.350. The monoisotopic (exact) mass is 239 g/mol. The molecular formula is C13H15ClFN. The Kier molecular flexibility index (Phi) is 3.62. The Bertz CT molecular complexity index is 395. The Morgan fingerprint density at radius 2 is 2.06 bits per heavy atom. The van der Waals surface area contributed by atoms with Crippen molar-refractivity contribution >= 4 is 11.6 Å². The Hall–Kier alpha value is -0.860. The number of halogens is 2. The molecule has 86 valence electrons. The minimum Gasteiger partial charge on any atom is -0.307 e. The van der Waals surface area contributed by atoms with E-state index < -0.39 is 0 Å². The quantitative estimate of drug-likeness (QED) is 0.790. The van der Waals surface area contributed by atoms with Gasteiger partial charge in [-0.3, -0.25) is 0 Å². The van der Waals surface area contributed by atoms with Gasteiger partial charge in [-0.1, -0.05) is 29.8 Å². The molecule has 0 fully saturated rings. The maximum absolute atomic E-state index is 13.3. The summed E-state index contributed by atoms with van der Waals surface area (Å²) in [7, 11) is 0. The van der Waals surface area contributed by atoms with E-state index in [-0.39, 0.29) is 16.9 Å². The average Bonchev–Trinajstić information content (AvgIpc) is 2.74. The van der Waals surface area contributed by atoms with Crippen molar-refractivity contribution in [1.82, 2.24) is 5.32 Å². The molecule has 0 bridgehead atoms. The predicted molar refractivity (Wildman–Crippen MR) is 65.1 cm³/mol. The molecule has 1 aliphatic carbocycles. The van der Waals surface area contributed by atoms with Gasteiger partial charge in [-0.05, 0) is 37.5 Å². The lowest BCUT2D eigenvalue weighted by Gasteiger charge is -2.19. The molecule has 1 unspecified atom stereocenters. The molecule has 3 heteroatoms. The maximum atomic E-state index is 13.3. The lowest BCUT2D eigenvalue weighted by Crippen LogP contribution is -2.29. The lowest BCUT2D eigenvalue weighted by molar-refractivity contribution is 0.469. The van der Waals surface area contributed by atoms with Crippen molar-refractivity contribution in [2.45, 2.75) is 31.8 Å². The van der Waals surface area contributed by atoms with Gasteiger partial charge in [0, 0.05) is 12.1 Å². The van der Waals surface area contributed by atoms with E-state index in [9.17, 15) is 4.39 Å². The van der Waals surface area contributed by atoms with Crippen molar-refractivity contribution in [3.8, 4) is 0 Å². The van der Waals surface area contributed by atoms with Gasteiger partial charge in [-0.2, -0.15) is 0 Å². The average molecular weight is 240 g/mol. The highest BCUT2D eigenvalue weighted by atomic mass is 35.5. The SMILES string of the molecule is CC(NC1CC=CC1)c1ccc(Cl)c(F)c1. The van der Waals surface area contributed by atoms with Crippen LogP contribution in [0.5, 0.6) is 0 Å². The highest BCUT2D eigenvalue weighted by Crippen LogP contribution is 2.22. The van der Waals surface area contributed by atoms with E-state index in [1.807, 2.05) is 13.0 Å². The molecule has 0 heterocycles. The largest absolute Gasteiger partial charge is 0.307 e. The third kappa shape index (κ3) is 2.63. The van der Waals surface area contributed by atoms with Gasteiger partial charge in [-0.25, -0.2) is 4.39 Å². The van der Waals surface area contributed by atoms with Crippen LogP contribution in [0, 0.1) is 5.82 Å². The molecule has 1 nitrogen and oxygen atoms in total. The minimum atomic E-state index is -0.350. The van der Waals surface area contributed by atoms with E-state index in [1.54, 1.807) is 6.07 Å².